The summed E-state index contributed by atoms with van der Waals surface area (Å²) in [4.78, 5) is 0. The summed E-state index contributed by atoms with van der Waals surface area (Å²) in [5, 5.41) is 11.9. The summed E-state index contributed by atoms with van der Waals surface area (Å²) >= 11 is 0. The average molecular weight is 251 g/mol. The number of nitriles is 1. The highest BCUT2D eigenvalue weighted by Crippen LogP contribution is 2.25. The highest BCUT2D eigenvalue weighted by molar-refractivity contribution is 7.91. The molecule has 3 N–H and O–H groups in total. The monoisotopic (exact) mass is 251 g/mol. The highest BCUT2D eigenvalue weighted by Gasteiger charge is 2.28. The van der Waals surface area contributed by atoms with Gasteiger partial charge in [-0.3, -0.25) is 0 Å². The van der Waals surface area contributed by atoms with Gasteiger partial charge in [0.05, 0.1) is 28.4 Å². The maximum Gasteiger partial charge on any atom is 0.152 e. The number of rotatable bonds is 2. The minimum Gasteiger partial charge on any atom is -0.396 e. The lowest BCUT2D eigenvalue weighted by molar-refractivity contribution is 0.602. The Hall–Kier alpha value is -1.74. The Morgan fingerprint density at radius 3 is 2.82 bits per heavy atom. The molecule has 2 rings (SSSR count). The summed E-state index contributed by atoms with van der Waals surface area (Å²) in [7, 11) is -2.91. The van der Waals surface area contributed by atoms with E-state index in [0.29, 0.717) is 23.4 Å². The first kappa shape index (κ1) is 11.7. The van der Waals surface area contributed by atoms with E-state index in [4.69, 9.17) is 11.0 Å². The maximum atomic E-state index is 11.3. The second-order valence-electron chi connectivity index (χ2n) is 4.12. The zero-order valence-electron chi connectivity index (χ0n) is 9.18. The lowest BCUT2D eigenvalue weighted by atomic mass is 10.1. The minimum atomic E-state index is -2.91. The van der Waals surface area contributed by atoms with E-state index >= 15 is 0 Å². The molecule has 0 radical (unpaired) electrons. The second-order valence-corrected chi connectivity index (χ2v) is 6.35. The zero-order chi connectivity index (χ0) is 12.5. The molecule has 1 aromatic rings. The molecule has 6 heteroatoms. The smallest absolute Gasteiger partial charge is 0.152 e. The van der Waals surface area contributed by atoms with Crippen LogP contribution in [0.5, 0.6) is 0 Å². The molecule has 1 aliphatic rings. The van der Waals surface area contributed by atoms with Crippen molar-refractivity contribution in [1.82, 2.24) is 0 Å². The number of benzene rings is 1. The van der Waals surface area contributed by atoms with Crippen molar-refractivity contribution in [2.45, 2.75) is 12.5 Å². The number of nitrogens with two attached hydrogens (primary N) is 1. The fourth-order valence-electron chi connectivity index (χ4n) is 1.92. The van der Waals surface area contributed by atoms with Gasteiger partial charge >= 0.3 is 0 Å². The van der Waals surface area contributed by atoms with Crippen LogP contribution in [0.2, 0.25) is 0 Å². The molecule has 1 heterocycles. The minimum absolute atomic E-state index is 0.115. The predicted molar refractivity (Wildman–Crippen MR) is 66.3 cm³/mol. The van der Waals surface area contributed by atoms with Gasteiger partial charge in [-0.05, 0) is 18.6 Å². The van der Waals surface area contributed by atoms with E-state index in [1.54, 1.807) is 18.2 Å². The van der Waals surface area contributed by atoms with Crippen LogP contribution in [0.3, 0.4) is 0 Å². The van der Waals surface area contributed by atoms with E-state index in [1.165, 1.54) is 0 Å². The number of hydrogen-bond acceptors (Lipinski definition) is 5. The number of nitrogens with one attached hydrogen (secondary N) is 1. The quantitative estimate of drug-likeness (QED) is 0.756. The van der Waals surface area contributed by atoms with Gasteiger partial charge in [0.2, 0.25) is 0 Å². The molecule has 0 bridgehead atoms. The first-order chi connectivity index (χ1) is 8.02. The van der Waals surface area contributed by atoms with Crippen LogP contribution in [-0.2, 0) is 9.84 Å². The van der Waals surface area contributed by atoms with Crippen molar-refractivity contribution in [3.8, 4) is 6.07 Å². The van der Waals surface area contributed by atoms with Gasteiger partial charge in [0.1, 0.15) is 6.07 Å². The Bertz CT molecular complexity index is 575. The molecule has 1 unspecified atom stereocenters. The summed E-state index contributed by atoms with van der Waals surface area (Å²) in [6.45, 7) is 0. The summed E-state index contributed by atoms with van der Waals surface area (Å²) < 4.78 is 22.6. The predicted octanol–water partition coefficient (Wildman–Crippen LogP) is 0.739. The fraction of sp³-hybridized carbons (Fsp3) is 0.364. The van der Waals surface area contributed by atoms with Gasteiger partial charge in [-0.15, -0.1) is 0 Å². The Labute approximate surface area is 100 Å². The molecule has 0 spiro atoms. The lowest BCUT2D eigenvalue weighted by Crippen LogP contribution is -2.21. The van der Waals surface area contributed by atoms with E-state index in [2.05, 4.69) is 5.32 Å². The second kappa shape index (κ2) is 4.26. The molecule has 1 fully saturated rings. The van der Waals surface area contributed by atoms with Crippen molar-refractivity contribution in [1.29, 1.82) is 5.26 Å². The first-order valence-corrected chi connectivity index (χ1v) is 7.09. The van der Waals surface area contributed by atoms with Crippen molar-refractivity contribution in [2.75, 3.05) is 22.6 Å². The van der Waals surface area contributed by atoms with Crippen molar-refractivity contribution in [3.63, 3.8) is 0 Å². The van der Waals surface area contributed by atoms with Gasteiger partial charge in [0.25, 0.3) is 0 Å². The van der Waals surface area contributed by atoms with E-state index in [0.717, 1.165) is 0 Å². The van der Waals surface area contributed by atoms with E-state index in [1.807, 2.05) is 6.07 Å². The summed E-state index contributed by atoms with van der Waals surface area (Å²) in [5.74, 6) is 0.339. The van der Waals surface area contributed by atoms with Crippen LogP contribution < -0.4 is 11.1 Å². The van der Waals surface area contributed by atoms with Gasteiger partial charge in [0, 0.05) is 6.04 Å². The molecule has 0 saturated carbocycles. The Kier molecular flexibility index (Phi) is 2.94. The third-order valence-electron chi connectivity index (χ3n) is 2.82. The van der Waals surface area contributed by atoms with Gasteiger partial charge in [-0.2, -0.15) is 5.26 Å². The van der Waals surface area contributed by atoms with E-state index in [-0.39, 0.29) is 17.5 Å². The van der Waals surface area contributed by atoms with Crippen molar-refractivity contribution in [3.05, 3.63) is 23.8 Å². The average Bonchev–Trinajstić information content (AvgIpc) is 2.61. The van der Waals surface area contributed by atoms with Crippen LogP contribution in [0.4, 0.5) is 11.4 Å². The molecular formula is C11H13N3O2S. The molecule has 1 atom stereocenters. The fourth-order valence-corrected chi connectivity index (χ4v) is 3.59. The molecule has 1 aromatic carbocycles. The Morgan fingerprint density at radius 1 is 1.47 bits per heavy atom. The third-order valence-corrected chi connectivity index (χ3v) is 4.59. The molecule has 0 aliphatic carbocycles. The van der Waals surface area contributed by atoms with Gasteiger partial charge in [-0.25, -0.2) is 8.42 Å². The van der Waals surface area contributed by atoms with Crippen LogP contribution in [0.15, 0.2) is 18.2 Å². The van der Waals surface area contributed by atoms with Crippen LogP contribution in [0.25, 0.3) is 0 Å². The van der Waals surface area contributed by atoms with Gasteiger partial charge in [-0.1, -0.05) is 6.07 Å². The molecule has 0 aromatic heterocycles. The Morgan fingerprint density at radius 2 is 2.24 bits per heavy atom. The van der Waals surface area contributed by atoms with Gasteiger partial charge < -0.3 is 11.1 Å². The third kappa shape index (κ3) is 2.50. The largest absolute Gasteiger partial charge is 0.396 e. The topological polar surface area (TPSA) is 96.0 Å². The van der Waals surface area contributed by atoms with Crippen LogP contribution in [-0.4, -0.2) is 26.0 Å². The van der Waals surface area contributed by atoms with Crippen LogP contribution in [0.1, 0.15) is 12.0 Å². The summed E-state index contributed by atoms with van der Waals surface area (Å²) in [6.07, 6.45) is 0.582. The molecule has 5 nitrogen and oxygen atoms in total. The zero-order valence-corrected chi connectivity index (χ0v) is 10.00. The van der Waals surface area contributed by atoms with E-state index in [9.17, 15) is 8.42 Å². The molecular weight excluding hydrogens is 238 g/mol. The number of anilines is 2. The Balaban J connectivity index is 2.18. The summed E-state index contributed by atoms with van der Waals surface area (Å²) in [5.41, 5.74) is 7.21. The number of nitrogens with zero attached hydrogens (tertiary/aromatic N) is 1. The molecule has 17 heavy (non-hydrogen) atoms. The maximum absolute atomic E-state index is 11.3. The number of hydrogen-bond donors (Lipinski definition) is 2. The van der Waals surface area contributed by atoms with Gasteiger partial charge in [0.15, 0.2) is 9.84 Å². The van der Waals surface area contributed by atoms with E-state index < -0.39 is 9.84 Å². The van der Waals surface area contributed by atoms with Crippen molar-refractivity contribution < 1.29 is 8.42 Å². The molecule has 90 valence electrons. The van der Waals surface area contributed by atoms with Crippen LogP contribution >= 0.6 is 0 Å². The van der Waals surface area contributed by atoms with Crippen molar-refractivity contribution in [2.24, 2.45) is 0 Å². The SMILES string of the molecule is N#Cc1cccc(NC2CCS(=O)(=O)C2)c1N. The van der Waals surface area contributed by atoms with Crippen LogP contribution in [0, 0.1) is 11.3 Å². The summed E-state index contributed by atoms with van der Waals surface area (Å²) in [6, 6.07) is 6.98. The molecule has 1 aliphatic heterocycles. The lowest BCUT2D eigenvalue weighted by Gasteiger charge is -2.14. The highest BCUT2D eigenvalue weighted by atomic mass is 32.2. The standard InChI is InChI=1S/C11H13N3O2S/c12-6-8-2-1-3-10(11(8)13)14-9-4-5-17(15,16)7-9/h1-3,9,14H,4-5,7,13H2. The molecule has 0 amide bonds. The number of para-hydroxylation sites is 1. The number of sulfone groups is 1. The first-order valence-electron chi connectivity index (χ1n) is 5.27. The normalized spacial score (nSPS) is 21.9. The number of nitrogen functional groups attached to an aromatic ring is 1. The molecule has 1 saturated heterocycles. The van der Waals surface area contributed by atoms with Crippen molar-refractivity contribution >= 4 is 21.2 Å².